The van der Waals surface area contributed by atoms with E-state index < -0.39 is 24.6 Å². The lowest BCUT2D eigenvalue weighted by Gasteiger charge is -2.26. The van der Waals surface area contributed by atoms with Crippen LogP contribution in [0.1, 0.15) is 80.0 Å². The van der Waals surface area contributed by atoms with Crippen LogP contribution >= 0.6 is 0 Å². The fourth-order valence-electron chi connectivity index (χ4n) is 4.52. The number of carbonyl (C=O) groups is 2. The Morgan fingerprint density at radius 3 is 2.32 bits per heavy atom. The van der Waals surface area contributed by atoms with Crippen LogP contribution in [0.4, 0.5) is 4.39 Å². The molecule has 1 saturated heterocycles. The maximum atomic E-state index is 13.6. The van der Waals surface area contributed by atoms with Crippen molar-refractivity contribution >= 4 is 11.9 Å². The standard InChI is InChI=1S/C25H34FN3O5/c1-16(2)23-21(11-10-19(30)14-20(31)15-22(32)33)29(18-8-6-17(26)7-9-18)27-24(23)25(34)28-12-4-3-5-13-28/h6-9,16,19-20,30-31H,3-5,10-15H2,1-2H3,(H,32,33)/p-1/t19-,20-/m1/s1. The van der Waals surface area contributed by atoms with Gasteiger partial charge in [-0.3, -0.25) is 4.79 Å². The first-order valence-electron chi connectivity index (χ1n) is 11.9. The Morgan fingerprint density at radius 2 is 1.74 bits per heavy atom. The third-order valence-electron chi connectivity index (χ3n) is 6.18. The molecule has 3 rings (SSSR count). The number of aliphatic carboxylic acids is 1. The number of carbonyl (C=O) groups excluding carboxylic acids is 2. The van der Waals surface area contributed by atoms with Gasteiger partial charge in [-0.1, -0.05) is 13.8 Å². The molecule has 2 aromatic rings. The lowest BCUT2D eigenvalue weighted by molar-refractivity contribution is -0.307. The van der Waals surface area contributed by atoms with Crippen molar-refractivity contribution in [2.24, 2.45) is 0 Å². The number of rotatable bonds is 10. The fraction of sp³-hybridized carbons (Fsp3) is 0.560. The van der Waals surface area contributed by atoms with Crippen LogP contribution in [0.2, 0.25) is 0 Å². The molecule has 9 heteroatoms. The van der Waals surface area contributed by atoms with Crippen molar-refractivity contribution in [1.29, 1.82) is 0 Å². The van der Waals surface area contributed by atoms with E-state index in [1.165, 1.54) is 12.1 Å². The van der Waals surface area contributed by atoms with Crippen molar-refractivity contribution in [2.45, 2.75) is 76.9 Å². The normalized spacial score (nSPS) is 16.0. The minimum Gasteiger partial charge on any atom is -0.550 e. The molecule has 0 spiro atoms. The second-order valence-corrected chi connectivity index (χ2v) is 9.26. The molecule has 34 heavy (non-hydrogen) atoms. The summed E-state index contributed by atoms with van der Waals surface area (Å²) in [7, 11) is 0. The van der Waals surface area contributed by atoms with E-state index in [0.717, 1.165) is 30.5 Å². The van der Waals surface area contributed by atoms with Crippen LogP contribution in [0.3, 0.4) is 0 Å². The molecule has 1 fully saturated rings. The van der Waals surface area contributed by atoms with Crippen LogP contribution in [-0.2, 0) is 11.2 Å². The second-order valence-electron chi connectivity index (χ2n) is 9.26. The molecular formula is C25H33FN3O5-. The fourth-order valence-corrected chi connectivity index (χ4v) is 4.52. The van der Waals surface area contributed by atoms with Gasteiger partial charge < -0.3 is 25.0 Å². The molecule has 0 bridgehead atoms. The number of amides is 1. The van der Waals surface area contributed by atoms with E-state index in [0.29, 0.717) is 30.9 Å². The molecule has 186 valence electrons. The van der Waals surface area contributed by atoms with Gasteiger partial charge >= 0.3 is 0 Å². The van der Waals surface area contributed by atoms with Crippen LogP contribution in [-0.4, -0.2) is 62.1 Å². The number of carboxylic acids is 1. The van der Waals surface area contributed by atoms with E-state index in [1.54, 1.807) is 16.8 Å². The minimum atomic E-state index is -1.38. The van der Waals surface area contributed by atoms with Crippen molar-refractivity contribution in [3.8, 4) is 5.69 Å². The number of aliphatic hydroxyl groups excluding tert-OH is 2. The van der Waals surface area contributed by atoms with Gasteiger partial charge in [0.25, 0.3) is 5.91 Å². The minimum absolute atomic E-state index is 0.0336. The summed E-state index contributed by atoms with van der Waals surface area (Å²) in [5.74, 6) is -1.93. The molecule has 2 N–H and O–H groups in total. The first kappa shape index (κ1) is 25.8. The first-order valence-corrected chi connectivity index (χ1v) is 11.9. The predicted molar refractivity (Wildman–Crippen MR) is 122 cm³/mol. The van der Waals surface area contributed by atoms with Crippen molar-refractivity contribution in [2.75, 3.05) is 13.1 Å². The van der Waals surface area contributed by atoms with E-state index in [9.17, 15) is 29.3 Å². The van der Waals surface area contributed by atoms with Gasteiger partial charge in [-0.15, -0.1) is 0 Å². The summed E-state index contributed by atoms with van der Waals surface area (Å²) in [5, 5.41) is 35.6. The quantitative estimate of drug-likeness (QED) is 0.543. The summed E-state index contributed by atoms with van der Waals surface area (Å²) in [6.07, 6.45) is 0.764. The molecule has 8 nitrogen and oxygen atoms in total. The van der Waals surface area contributed by atoms with Crippen molar-refractivity contribution in [1.82, 2.24) is 14.7 Å². The summed E-state index contributed by atoms with van der Waals surface area (Å²) >= 11 is 0. The van der Waals surface area contributed by atoms with E-state index in [-0.39, 0.29) is 30.5 Å². The number of piperidine rings is 1. The highest BCUT2D eigenvalue weighted by molar-refractivity contribution is 5.94. The zero-order chi connectivity index (χ0) is 24.8. The number of nitrogens with zero attached hydrogens (tertiary/aromatic N) is 3. The van der Waals surface area contributed by atoms with Crippen LogP contribution < -0.4 is 5.11 Å². The lowest BCUT2D eigenvalue weighted by Crippen LogP contribution is -2.36. The molecule has 0 radical (unpaired) electrons. The summed E-state index contributed by atoms with van der Waals surface area (Å²) in [6, 6.07) is 5.83. The summed E-state index contributed by atoms with van der Waals surface area (Å²) in [4.78, 5) is 25.9. The number of hydrogen-bond donors (Lipinski definition) is 2. The maximum Gasteiger partial charge on any atom is 0.274 e. The topological polar surface area (TPSA) is 119 Å². The van der Waals surface area contributed by atoms with Gasteiger partial charge in [0.05, 0.1) is 17.9 Å². The second kappa shape index (κ2) is 11.6. The summed E-state index contributed by atoms with van der Waals surface area (Å²) in [5.41, 5.74) is 2.47. The number of benzene rings is 1. The third kappa shape index (κ3) is 6.42. The Labute approximate surface area is 199 Å². The van der Waals surface area contributed by atoms with Crippen molar-refractivity contribution in [3.63, 3.8) is 0 Å². The molecule has 1 aromatic heterocycles. The highest BCUT2D eigenvalue weighted by atomic mass is 19.1. The third-order valence-corrected chi connectivity index (χ3v) is 6.18. The van der Waals surface area contributed by atoms with Gasteiger partial charge in [0.1, 0.15) is 5.82 Å². The summed E-state index contributed by atoms with van der Waals surface area (Å²) < 4.78 is 15.2. The Bertz CT molecular complexity index is 983. The predicted octanol–water partition coefficient (Wildman–Crippen LogP) is 1.95. The molecule has 0 unspecified atom stereocenters. The van der Waals surface area contributed by atoms with Gasteiger partial charge in [-0.2, -0.15) is 5.10 Å². The molecule has 1 aliphatic rings. The molecular weight excluding hydrogens is 441 g/mol. The smallest absolute Gasteiger partial charge is 0.274 e. The zero-order valence-corrected chi connectivity index (χ0v) is 19.7. The highest BCUT2D eigenvalue weighted by Crippen LogP contribution is 2.30. The van der Waals surface area contributed by atoms with Crippen LogP contribution in [0.15, 0.2) is 24.3 Å². The molecule has 2 atom stereocenters. The highest BCUT2D eigenvalue weighted by Gasteiger charge is 2.29. The number of halogens is 1. The molecule has 1 amide bonds. The van der Waals surface area contributed by atoms with E-state index >= 15 is 0 Å². The van der Waals surface area contributed by atoms with E-state index in [1.807, 2.05) is 18.7 Å². The van der Waals surface area contributed by atoms with Crippen LogP contribution in [0.5, 0.6) is 0 Å². The number of aromatic nitrogens is 2. The van der Waals surface area contributed by atoms with E-state index in [2.05, 4.69) is 5.10 Å². The molecule has 0 saturated carbocycles. The average molecular weight is 475 g/mol. The first-order chi connectivity index (χ1) is 16.2. The van der Waals surface area contributed by atoms with Gasteiger partial charge in [0, 0.05) is 36.7 Å². The Kier molecular flexibility index (Phi) is 8.79. The Hall–Kier alpha value is -2.78. The van der Waals surface area contributed by atoms with E-state index in [4.69, 9.17) is 0 Å². The molecule has 2 heterocycles. The number of aliphatic hydroxyl groups is 2. The Morgan fingerprint density at radius 1 is 1.09 bits per heavy atom. The average Bonchev–Trinajstić information content (AvgIpc) is 3.17. The molecule has 1 aliphatic heterocycles. The summed E-state index contributed by atoms with van der Waals surface area (Å²) in [6.45, 7) is 5.32. The number of carboxylic acid groups (broad SMARTS) is 1. The van der Waals surface area contributed by atoms with Gasteiger partial charge in [0.2, 0.25) is 0 Å². The molecule has 1 aromatic carbocycles. The SMILES string of the molecule is CC(C)c1c(C(=O)N2CCCCC2)nn(-c2ccc(F)cc2)c1CC[C@@H](O)C[C@@H](O)CC(=O)[O-]. The van der Waals surface area contributed by atoms with Crippen LogP contribution in [0.25, 0.3) is 5.69 Å². The van der Waals surface area contributed by atoms with Gasteiger partial charge in [-0.25, -0.2) is 9.07 Å². The van der Waals surface area contributed by atoms with Crippen molar-refractivity contribution < 1.29 is 29.3 Å². The number of likely N-dealkylation sites (tertiary alicyclic amines) is 1. The zero-order valence-electron chi connectivity index (χ0n) is 19.7. The number of hydrogen-bond acceptors (Lipinski definition) is 6. The van der Waals surface area contributed by atoms with Crippen molar-refractivity contribution in [3.05, 3.63) is 47.0 Å². The molecule has 0 aliphatic carbocycles. The van der Waals surface area contributed by atoms with Crippen LogP contribution in [0, 0.1) is 5.82 Å². The largest absolute Gasteiger partial charge is 0.550 e. The van der Waals surface area contributed by atoms with Gasteiger partial charge in [-0.05, 0) is 68.7 Å². The maximum absolute atomic E-state index is 13.6. The van der Waals surface area contributed by atoms with Gasteiger partial charge in [0.15, 0.2) is 5.69 Å². The monoisotopic (exact) mass is 474 g/mol. The Balaban J connectivity index is 1.94. The lowest BCUT2D eigenvalue weighted by atomic mass is 9.95.